The van der Waals surface area contributed by atoms with E-state index in [2.05, 4.69) is 10.3 Å². The van der Waals surface area contributed by atoms with E-state index in [-0.39, 0.29) is 11.8 Å². The second-order valence-corrected chi connectivity index (χ2v) is 3.73. The number of hydrogen-bond donors (Lipinski definition) is 2. The monoisotopic (exact) mass is 223 g/mol. The predicted octanol–water partition coefficient (Wildman–Crippen LogP) is 0.676. The molecule has 1 amide bonds. The summed E-state index contributed by atoms with van der Waals surface area (Å²) in [5, 5.41) is 2.79. The van der Waals surface area contributed by atoms with E-state index in [0.717, 1.165) is 0 Å². The third kappa shape index (κ3) is 3.51. The van der Waals surface area contributed by atoms with Gasteiger partial charge in [0.15, 0.2) is 0 Å². The fourth-order valence-corrected chi connectivity index (χ4v) is 1.30. The summed E-state index contributed by atoms with van der Waals surface area (Å²) in [5.74, 6) is 0.0698. The van der Waals surface area contributed by atoms with Crippen molar-refractivity contribution in [3.8, 4) is 0 Å². The molecule has 0 saturated heterocycles. The number of aromatic nitrogens is 1. The van der Waals surface area contributed by atoms with Crippen LogP contribution in [-0.4, -0.2) is 31.2 Å². The second kappa shape index (κ2) is 6.07. The van der Waals surface area contributed by atoms with Gasteiger partial charge in [-0.15, -0.1) is 0 Å². The van der Waals surface area contributed by atoms with E-state index in [0.29, 0.717) is 24.4 Å². The van der Waals surface area contributed by atoms with Gasteiger partial charge in [-0.05, 0) is 12.0 Å². The number of rotatable bonds is 5. The highest BCUT2D eigenvalue weighted by molar-refractivity contribution is 5.98. The van der Waals surface area contributed by atoms with Crippen LogP contribution in [0.3, 0.4) is 0 Å². The normalized spacial score (nSPS) is 12.1. The zero-order valence-electron chi connectivity index (χ0n) is 9.56. The van der Waals surface area contributed by atoms with Gasteiger partial charge in [-0.3, -0.25) is 9.78 Å². The maximum atomic E-state index is 11.7. The van der Waals surface area contributed by atoms with E-state index in [1.54, 1.807) is 19.4 Å². The van der Waals surface area contributed by atoms with Crippen LogP contribution in [0.2, 0.25) is 0 Å². The number of carbonyl (C=O) groups is 1. The molecule has 1 aromatic rings. The number of hydrogen-bond acceptors (Lipinski definition) is 4. The molecule has 5 nitrogen and oxygen atoms in total. The van der Waals surface area contributed by atoms with E-state index in [9.17, 15) is 4.79 Å². The minimum absolute atomic E-state index is 0.200. The van der Waals surface area contributed by atoms with Crippen LogP contribution >= 0.6 is 0 Å². The van der Waals surface area contributed by atoms with Crippen molar-refractivity contribution in [1.82, 2.24) is 10.3 Å². The smallest absolute Gasteiger partial charge is 0.254 e. The van der Waals surface area contributed by atoms with Crippen LogP contribution < -0.4 is 11.1 Å². The van der Waals surface area contributed by atoms with Crippen molar-refractivity contribution in [3.63, 3.8) is 0 Å². The van der Waals surface area contributed by atoms with E-state index < -0.39 is 0 Å². The zero-order valence-corrected chi connectivity index (χ0v) is 9.56. The standard InChI is InChI=1S/C11H17N3O2/c1-8(7-16-2)5-14-11(15)9-6-13-4-3-10(9)12/h3-4,6,8H,5,7H2,1-2H3,(H2,12,13)(H,14,15). The van der Waals surface area contributed by atoms with Crippen molar-refractivity contribution in [2.24, 2.45) is 5.92 Å². The zero-order chi connectivity index (χ0) is 12.0. The molecular weight excluding hydrogens is 206 g/mol. The first-order valence-corrected chi connectivity index (χ1v) is 5.11. The third-order valence-electron chi connectivity index (χ3n) is 2.16. The third-order valence-corrected chi connectivity index (χ3v) is 2.16. The molecule has 0 radical (unpaired) electrons. The van der Waals surface area contributed by atoms with Crippen LogP contribution in [0.5, 0.6) is 0 Å². The van der Waals surface area contributed by atoms with Gasteiger partial charge in [0, 0.05) is 31.7 Å². The maximum Gasteiger partial charge on any atom is 0.254 e. The SMILES string of the molecule is COCC(C)CNC(=O)c1cnccc1N. The lowest BCUT2D eigenvalue weighted by molar-refractivity contribution is 0.0934. The molecule has 5 heteroatoms. The Morgan fingerprint density at radius 2 is 2.44 bits per heavy atom. The summed E-state index contributed by atoms with van der Waals surface area (Å²) in [7, 11) is 1.64. The lowest BCUT2D eigenvalue weighted by Crippen LogP contribution is -2.30. The Morgan fingerprint density at radius 1 is 1.69 bits per heavy atom. The largest absolute Gasteiger partial charge is 0.398 e. The molecule has 0 aliphatic carbocycles. The maximum absolute atomic E-state index is 11.7. The molecule has 0 fully saturated rings. The molecule has 3 N–H and O–H groups in total. The molecule has 0 saturated carbocycles. The van der Waals surface area contributed by atoms with Crippen molar-refractivity contribution in [3.05, 3.63) is 24.0 Å². The number of pyridine rings is 1. The van der Waals surface area contributed by atoms with Gasteiger partial charge < -0.3 is 15.8 Å². The number of anilines is 1. The number of nitrogen functional groups attached to an aromatic ring is 1. The molecule has 0 aliphatic heterocycles. The molecule has 0 aromatic carbocycles. The quantitative estimate of drug-likeness (QED) is 0.769. The van der Waals surface area contributed by atoms with Gasteiger partial charge in [-0.1, -0.05) is 6.92 Å². The molecule has 16 heavy (non-hydrogen) atoms. The Balaban J connectivity index is 2.50. The first kappa shape index (κ1) is 12.4. The van der Waals surface area contributed by atoms with Crippen molar-refractivity contribution in [2.75, 3.05) is 26.0 Å². The molecule has 1 aromatic heterocycles. The van der Waals surface area contributed by atoms with Gasteiger partial charge in [0.1, 0.15) is 0 Å². The van der Waals surface area contributed by atoms with Crippen LogP contribution in [0.25, 0.3) is 0 Å². The van der Waals surface area contributed by atoms with E-state index >= 15 is 0 Å². The van der Waals surface area contributed by atoms with Gasteiger partial charge in [0.05, 0.1) is 12.2 Å². The van der Waals surface area contributed by atoms with Gasteiger partial charge in [0.25, 0.3) is 5.91 Å². The summed E-state index contributed by atoms with van der Waals surface area (Å²) in [4.78, 5) is 15.6. The number of amides is 1. The molecule has 1 unspecified atom stereocenters. The lowest BCUT2D eigenvalue weighted by Gasteiger charge is -2.11. The predicted molar refractivity (Wildman–Crippen MR) is 62.0 cm³/mol. The highest BCUT2D eigenvalue weighted by atomic mass is 16.5. The summed E-state index contributed by atoms with van der Waals surface area (Å²) in [6, 6.07) is 1.60. The van der Waals surface area contributed by atoms with Crippen LogP contribution in [0.1, 0.15) is 17.3 Å². The van der Waals surface area contributed by atoms with Crippen molar-refractivity contribution < 1.29 is 9.53 Å². The Kier molecular flexibility index (Phi) is 4.72. The van der Waals surface area contributed by atoms with Gasteiger partial charge in [0.2, 0.25) is 0 Å². The topological polar surface area (TPSA) is 77.2 Å². The average Bonchev–Trinajstić information content (AvgIpc) is 2.27. The molecule has 88 valence electrons. The molecule has 0 bridgehead atoms. The van der Waals surface area contributed by atoms with Crippen molar-refractivity contribution in [2.45, 2.75) is 6.92 Å². The Hall–Kier alpha value is -1.62. The van der Waals surface area contributed by atoms with Gasteiger partial charge >= 0.3 is 0 Å². The number of nitrogens with zero attached hydrogens (tertiary/aromatic N) is 1. The number of nitrogens with one attached hydrogen (secondary N) is 1. The Morgan fingerprint density at radius 3 is 3.06 bits per heavy atom. The highest BCUT2D eigenvalue weighted by Crippen LogP contribution is 2.08. The minimum Gasteiger partial charge on any atom is -0.398 e. The van der Waals surface area contributed by atoms with Crippen molar-refractivity contribution in [1.29, 1.82) is 0 Å². The van der Waals surface area contributed by atoms with Crippen LogP contribution in [-0.2, 0) is 4.74 Å². The molecule has 1 heterocycles. The summed E-state index contributed by atoms with van der Waals surface area (Å²) in [6.45, 7) is 3.17. The van der Waals surface area contributed by atoms with Crippen LogP contribution in [0, 0.1) is 5.92 Å². The summed E-state index contributed by atoms with van der Waals surface area (Å²) in [6.07, 6.45) is 3.02. The highest BCUT2D eigenvalue weighted by Gasteiger charge is 2.10. The summed E-state index contributed by atoms with van der Waals surface area (Å²) < 4.78 is 4.98. The fraction of sp³-hybridized carbons (Fsp3) is 0.455. The molecule has 1 atom stereocenters. The molecular formula is C11H17N3O2. The number of ether oxygens (including phenoxy) is 1. The first-order valence-electron chi connectivity index (χ1n) is 5.11. The summed E-state index contributed by atoms with van der Waals surface area (Å²) in [5.41, 5.74) is 6.51. The molecule has 0 spiro atoms. The molecule has 1 rings (SSSR count). The fourth-order valence-electron chi connectivity index (χ4n) is 1.30. The van der Waals surface area contributed by atoms with Gasteiger partial charge in [-0.25, -0.2) is 0 Å². The van der Waals surface area contributed by atoms with E-state index in [4.69, 9.17) is 10.5 Å². The van der Waals surface area contributed by atoms with Crippen LogP contribution in [0.15, 0.2) is 18.5 Å². The molecule has 0 aliphatic rings. The first-order chi connectivity index (χ1) is 7.65. The Labute approximate surface area is 95.0 Å². The average molecular weight is 223 g/mol. The van der Waals surface area contributed by atoms with E-state index in [1.807, 2.05) is 6.92 Å². The number of carbonyl (C=O) groups excluding carboxylic acids is 1. The lowest BCUT2D eigenvalue weighted by atomic mass is 10.2. The second-order valence-electron chi connectivity index (χ2n) is 3.73. The Bertz CT molecular complexity index is 355. The minimum atomic E-state index is -0.200. The summed E-state index contributed by atoms with van der Waals surface area (Å²) >= 11 is 0. The number of nitrogens with two attached hydrogens (primary N) is 1. The van der Waals surface area contributed by atoms with Gasteiger partial charge in [-0.2, -0.15) is 0 Å². The van der Waals surface area contributed by atoms with Crippen LogP contribution in [0.4, 0.5) is 5.69 Å². The van der Waals surface area contributed by atoms with Crippen molar-refractivity contribution >= 4 is 11.6 Å². The van der Waals surface area contributed by atoms with E-state index in [1.165, 1.54) is 6.20 Å². The number of methoxy groups -OCH3 is 1.